The summed E-state index contributed by atoms with van der Waals surface area (Å²) in [5.41, 5.74) is 6.40. The Morgan fingerprint density at radius 3 is 2.80 bits per heavy atom. The molecule has 0 spiro atoms. The summed E-state index contributed by atoms with van der Waals surface area (Å²) in [6.45, 7) is 2.55. The van der Waals surface area contributed by atoms with Crippen LogP contribution in [0.1, 0.15) is 22.8 Å². The number of amides is 1. The quantitative estimate of drug-likeness (QED) is 0.791. The number of aromatic nitrogens is 1. The maximum Gasteiger partial charge on any atom is 0.275 e. The zero-order valence-corrected chi connectivity index (χ0v) is 14.0. The fraction of sp³-hybridized carbons (Fsp3) is 0.412. The third kappa shape index (κ3) is 4.77. The van der Waals surface area contributed by atoms with Crippen LogP contribution in [0.5, 0.6) is 5.75 Å². The van der Waals surface area contributed by atoms with Crippen molar-refractivity contribution in [3.05, 3.63) is 47.9 Å². The Kier molecular flexibility index (Phi) is 5.62. The highest BCUT2D eigenvalue weighted by atomic mass is 19.1. The van der Waals surface area contributed by atoms with Crippen molar-refractivity contribution in [2.45, 2.75) is 13.0 Å². The van der Waals surface area contributed by atoms with Gasteiger partial charge in [0.05, 0.1) is 0 Å². The summed E-state index contributed by atoms with van der Waals surface area (Å²) in [6, 6.07) is 5.66. The van der Waals surface area contributed by atoms with Gasteiger partial charge in [0.2, 0.25) is 5.89 Å². The lowest BCUT2D eigenvalue weighted by atomic mass is 10.1. The fourth-order valence-electron chi connectivity index (χ4n) is 2.53. The average Bonchev–Trinajstić information content (AvgIpc) is 3.30. The first kappa shape index (κ1) is 17.4. The Bertz CT molecular complexity index is 698. The minimum absolute atomic E-state index is 0.0715. The molecule has 134 valence electrons. The third-order valence-electron chi connectivity index (χ3n) is 4.07. The van der Waals surface area contributed by atoms with Gasteiger partial charge in [-0.15, -0.1) is 0 Å². The van der Waals surface area contributed by atoms with Crippen LogP contribution in [0.2, 0.25) is 0 Å². The highest BCUT2D eigenvalue weighted by molar-refractivity contribution is 5.91. The van der Waals surface area contributed by atoms with E-state index in [-0.39, 0.29) is 24.0 Å². The van der Waals surface area contributed by atoms with E-state index in [9.17, 15) is 9.18 Å². The summed E-state index contributed by atoms with van der Waals surface area (Å²) >= 11 is 0. The van der Waals surface area contributed by atoms with Crippen LogP contribution >= 0.6 is 0 Å². The molecule has 1 fully saturated rings. The van der Waals surface area contributed by atoms with Crippen molar-refractivity contribution in [1.29, 1.82) is 0 Å². The van der Waals surface area contributed by atoms with Gasteiger partial charge in [-0.2, -0.15) is 0 Å². The number of ether oxygens (including phenoxy) is 1. The van der Waals surface area contributed by atoms with Crippen molar-refractivity contribution in [2.24, 2.45) is 5.92 Å². The minimum Gasteiger partial charge on any atom is -0.484 e. The normalized spacial score (nSPS) is 14.6. The van der Waals surface area contributed by atoms with Crippen LogP contribution in [0.25, 0.3) is 0 Å². The van der Waals surface area contributed by atoms with Gasteiger partial charge < -0.3 is 14.1 Å². The highest BCUT2D eigenvalue weighted by Crippen LogP contribution is 2.14. The van der Waals surface area contributed by atoms with E-state index in [1.165, 1.54) is 30.5 Å². The fourth-order valence-corrected chi connectivity index (χ4v) is 2.53. The maximum absolute atomic E-state index is 12.8. The number of nitrogens with one attached hydrogen (secondary N) is 2. The number of benzene rings is 1. The lowest BCUT2D eigenvalue weighted by Crippen LogP contribution is -2.30. The number of nitrogens with zero attached hydrogens (tertiary/aromatic N) is 2. The van der Waals surface area contributed by atoms with Crippen molar-refractivity contribution >= 4 is 5.91 Å². The number of hydrogen-bond acceptors (Lipinski definition) is 6. The zero-order valence-electron chi connectivity index (χ0n) is 14.0. The largest absolute Gasteiger partial charge is 0.484 e. The molecule has 1 aliphatic rings. The minimum atomic E-state index is -0.330. The van der Waals surface area contributed by atoms with Crippen LogP contribution < -0.4 is 15.6 Å². The second-order valence-electron chi connectivity index (χ2n) is 6.01. The van der Waals surface area contributed by atoms with Crippen molar-refractivity contribution in [2.75, 3.05) is 26.7 Å². The SMILES string of the molecule is CN(CCC1CNNC1)C(=O)c1coc(COc2ccc(F)cc2)n1. The van der Waals surface area contributed by atoms with E-state index in [1.807, 2.05) is 0 Å². The summed E-state index contributed by atoms with van der Waals surface area (Å²) in [6.07, 6.45) is 2.25. The Morgan fingerprint density at radius 2 is 2.08 bits per heavy atom. The van der Waals surface area contributed by atoms with E-state index in [1.54, 1.807) is 11.9 Å². The molecule has 1 amide bonds. The molecule has 1 aliphatic heterocycles. The van der Waals surface area contributed by atoms with Gasteiger partial charge in [-0.1, -0.05) is 0 Å². The predicted octanol–water partition coefficient (Wildman–Crippen LogP) is 1.58. The Morgan fingerprint density at radius 1 is 1.36 bits per heavy atom. The van der Waals surface area contributed by atoms with Crippen LogP contribution in [-0.4, -0.2) is 42.5 Å². The molecular weight excluding hydrogens is 327 g/mol. The number of hydrazine groups is 1. The molecule has 0 saturated carbocycles. The van der Waals surface area contributed by atoms with Crippen LogP contribution in [0.4, 0.5) is 4.39 Å². The number of oxazole rings is 1. The van der Waals surface area contributed by atoms with Gasteiger partial charge in [0.15, 0.2) is 12.3 Å². The summed E-state index contributed by atoms with van der Waals surface area (Å²) in [4.78, 5) is 18.2. The molecular formula is C17H21FN4O3. The second-order valence-corrected chi connectivity index (χ2v) is 6.01. The van der Waals surface area contributed by atoms with Crippen LogP contribution in [0, 0.1) is 11.7 Å². The van der Waals surface area contributed by atoms with Crippen molar-refractivity contribution in [1.82, 2.24) is 20.7 Å². The van der Waals surface area contributed by atoms with E-state index in [0.29, 0.717) is 24.1 Å². The molecule has 1 aromatic heterocycles. The number of carbonyl (C=O) groups excluding carboxylic acids is 1. The molecule has 3 rings (SSSR count). The van der Waals surface area contributed by atoms with Gasteiger partial charge in [-0.25, -0.2) is 9.37 Å². The van der Waals surface area contributed by atoms with Crippen LogP contribution in [-0.2, 0) is 6.61 Å². The first-order valence-corrected chi connectivity index (χ1v) is 8.16. The lowest BCUT2D eigenvalue weighted by Gasteiger charge is -2.17. The zero-order chi connectivity index (χ0) is 17.6. The first-order chi connectivity index (χ1) is 12.1. The summed E-state index contributed by atoms with van der Waals surface area (Å²) in [7, 11) is 1.75. The van der Waals surface area contributed by atoms with Crippen LogP contribution in [0.15, 0.2) is 34.9 Å². The Hall–Kier alpha value is -2.45. The van der Waals surface area contributed by atoms with Crippen LogP contribution in [0.3, 0.4) is 0 Å². The molecule has 8 heteroatoms. The van der Waals surface area contributed by atoms with Gasteiger partial charge >= 0.3 is 0 Å². The molecule has 7 nitrogen and oxygen atoms in total. The number of halogens is 1. The molecule has 0 aliphatic carbocycles. The molecule has 2 N–H and O–H groups in total. The number of carbonyl (C=O) groups is 1. The smallest absolute Gasteiger partial charge is 0.275 e. The maximum atomic E-state index is 12.8. The average molecular weight is 348 g/mol. The molecule has 2 aromatic rings. The molecule has 0 unspecified atom stereocenters. The van der Waals surface area contributed by atoms with E-state index in [4.69, 9.17) is 9.15 Å². The molecule has 1 saturated heterocycles. The van der Waals surface area contributed by atoms with Gasteiger partial charge in [0.1, 0.15) is 17.8 Å². The van der Waals surface area contributed by atoms with E-state index in [2.05, 4.69) is 15.8 Å². The monoisotopic (exact) mass is 348 g/mol. The number of hydrogen-bond donors (Lipinski definition) is 2. The van der Waals surface area contributed by atoms with Gasteiger partial charge in [0.25, 0.3) is 5.91 Å². The topological polar surface area (TPSA) is 79.6 Å². The summed E-state index contributed by atoms with van der Waals surface area (Å²) in [5, 5.41) is 0. The molecule has 0 radical (unpaired) electrons. The molecule has 0 atom stereocenters. The first-order valence-electron chi connectivity index (χ1n) is 8.16. The molecule has 2 heterocycles. The van der Waals surface area contributed by atoms with Gasteiger partial charge in [0, 0.05) is 26.7 Å². The Balaban J connectivity index is 1.49. The van der Waals surface area contributed by atoms with Gasteiger partial charge in [-0.3, -0.25) is 15.6 Å². The van der Waals surface area contributed by atoms with E-state index in [0.717, 1.165) is 19.5 Å². The van der Waals surface area contributed by atoms with Crippen molar-refractivity contribution in [3.8, 4) is 5.75 Å². The third-order valence-corrected chi connectivity index (χ3v) is 4.07. The second kappa shape index (κ2) is 8.09. The predicted molar refractivity (Wildman–Crippen MR) is 88.3 cm³/mol. The standard InChI is InChI=1S/C17H21FN4O3/c1-22(7-6-12-8-19-20-9-12)17(23)15-10-25-16(21-15)11-24-14-4-2-13(18)3-5-14/h2-5,10,12,19-20H,6-9,11H2,1H3. The lowest BCUT2D eigenvalue weighted by molar-refractivity contribution is 0.0782. The summed E-state index contributed by atoms with van der Waals surface area (Å²) < 4.78 is 23.6. The van der Waals surface area contributed by atoms with E-state index >= 15 is 0 Å². The Labute approximate surface area is 145 Å². The van der Waals surface area contributed by atoms with Crippen molar-refractivity contribution in [3.63, 3.8) is 0 Å². The van der Waals surface area contributed by atoms with Crippen molar-refractivity contribution < 1.29 is 18.3 Å². The highest BCUT2D eigenvalue weighted by Gasteiger charge is 2.19. The molecule has 25 heavy (non-hydrogen) atoms. The molecule has 0 bridgehead atoms. The molecule has 1 aromatic carbocycles. The summed E-state index contributed by atoms with van der Waals surface area (Å²) in [5.74, 6) is 0.806. The van der Waals surface area contributed by atoms with E-state index < -0.39 is 0 Å². The number of rotatable bonds is 7. The van der Waals surface area contributed by atoms with Gasteiger partial charge in [-0.05, 0) is 36.6 Å².